The van der Waals surface area contributed by atoms with Gasteiger partial charge in [-0.05, 0) is 41.5 Å². The molecule has 29 heavy (non-hydrogen) atoms. The van der Waals surface area contributed by atoms with Gasteiger partial charge in [0.05, 0.1) is 18.6 Å². The Labute approximate surface area is 170 Å². The number of carboxylic acids is 1. The average Bonchev–Trinajstić information content (AvgIpc) is 3.40. The zero-order chi connectivity index (χ0) is 20.4. The Morgan fingerprint density at radius 2 is 2.07 bits per heavy atom. The Kier molecular flexibility index (Phi) is 5.24. The number of rotatable bonds is 7. The van der Waals surface area contributed by atoms with Gasteiger partial charge in [0.1, 0.15) is 0 Å². The smallest absolute Gasteiger partial charge is 0.313 e. The first kappa shape index (κ1) is 19.0. The first-order chi connectivity index (χ1) is 14.0. The molecule has 0 spiro atoms. The van der Waals surface area contributed by atoms with Crippen LogP contribution in [0.25, 0.3) is 33.4 Å². The number of fused-ring (bicyclic) bond motifs is 1. The number of carbonyl (C=O) groups is 1. The molecular formula is C20H19N5O3S. The summed E-state index contributed by atoms with van der Waals surface area (Å²) in [7, 11) is 3.43. The molecule has 2 aromatic carbocycles. The summed E-state index contributed by atoms with van der Waals surface area (Å²) in [5.41, 5.74) is 4.81. The van der Waals surface area contributed by atoms with Crippen molar-refractivity contribution in [3.05, 3.63) is 48.7 Å². The molecule has 8 nitrogen and oxygen atoms in total. The Balaban J connectivity index is 1.79. The number of hydrogen-bond donors (Lipinski definition) is 3. The third-order valence-corrected chi connectivity index (χ3v) is 5.36. The molecule has 0 fully saturated rings. The maximum Gasteiger partial charge on any atom is 0.313 e. The van der Waals surface area contributed by atoms with E-state index in [4.69, 9.17) is 9.94 Å². The zero-order valence-electron chi connectivity index (χ0n) is 15.8. The first-order valence-electron chi connectivity index (χ1n) is 8.82. The maximum absolute atomic E-state index is 10.8. The average molecular weight is 409 g/mol. The summed E-state index contributed by atoms with van der Waals surface area (Å²) in [6.07, 6.45) is 1.92. The maximum atomic E-state index is 10.8. The summed E-state index contributed by atoms with van der Waals surface area (Å²) in [5.74, 6) is -0.441. The molecule has 9 heteroatoms. The van der Waals surface area contributed by atoms with E-state index in [0.29, 0.717) is 11.0 Å². The second-order valence-corrected chi connectivity index (χ2v) is 7.28. The Hall–Kier alpha value is -3.30. The number of nitrogens with zero attached hydrogens (tertiary/aromatic N) is 3. The quantitative estimate of drug-likeness (QED) is 0.315. The normalized spacial score (nSPS) is 11.1. The van der Waals surface area contributed by atoms with Gasteiger partial charge in [-0.1, -0.05) is 23.9 Å². The van der Waals surface area contributed by atoms with Gasteiger partial charge in [0.2, 0.25) is 5.16 Å². The van der Waals surface area contributed by atoms with Crippen LogP contribution < -0.4 is 5.06 Å². The van der Waals surface area contributed by atoms with Crippen molar-refractivity contribution in [1.82, 2.24) is 20.2 Å². The molecular weight excluding hydrogens is 390 g/mol. The molecule has 0 bridgehead atoms. The molecule has 0 saturated heterocycles. The highest BCUT2D eigenvalue weighted by atomic mass is 32.2. The molecule has 2 aromatic heterocycles. The Morgan fingerprint density at radius 3 is 2.86 bits per heavy atom. The number of anilines is 1. The van der Waals surface area contributed by atoms with Crippen molar-refractivity contribution in [2.45, 2.75) is 5.16 Å². The van der Waals surface area contributed by atoms with Gasteiger partial charge in [-0.2, -0.15) is 0 Å². The van der Waals surface area contributed by atoms with Crippen LogP contribution in [0.15, 0.2) is 53.8 Å². The lowest BCUT2D eigenvalue weighted by molar-refractivity contribution is -0.133. The van der Waals surface area contributed by atoms with Gasteiger partial charge in [-0.15, -0.1) is 5.10 Å². The molecule has 0 amide bonds. The SMILES string of the molecule is CON(C)c1cc(-c2nc(SCC(=O)O)n[nH]2)cc(-c2cccc3[nH]ccc23)c1. The molecule has 0 aliphatic carbocycles. The molecule has 3 N–H and O–H groups in total. The summed E-state index contributed by atoms with van der Waals surface area (Å²) in [5, 5.41) is 19.0. The topological polar surface area (TPSA) is 107 Å². The van der Waals surface area contributed by atoms with Crippen molar-refractivity contribution in [1.29, 1.82) is 0 Å². The molecule has 0 atom stereocenters. The lowest BCUT2D eigenvalue weighted by atomic mass is 9.98. The van der Waals surface area contributed by atoms with Crippen LogP contribution in [-0.4, -0.2) is 51.2 Å². The van der Waals surface area contributed by atoms with E-state index in [9.17, 15) is 4.79 Å². The molecule has 0 saturated carbocycles. The van der Waals surface area contributed by atoms with E-state index in [-0.39, 0.29) is 5.75 Å². The molecule has 0 aliphatic rings. The minimum Gasteiger partial charge on any atom is -0.481 e. The van der Waals surface area contributed by atoms with Crippen molar-refractivity contribution >= 4 is 34.3 Å². The first-order valence-corrected chi connectivity index (χ1v) is 9.80. The van der Waals surface area contributed by atoms with Gasteiger partial charge >= 0.3 is 5.97 Å². The molecule has 0 aliphatic heterocycles. The number of H-pyrrole nitrogens is 2. The fourth-order valence-corrected chi connectivity index (χ4v) is 3.61. The summed E-state index contributed by atoms with van der Waals surface area (Å²) in [6.45, 7) is 0. The van der Waals surface area contributed by atoms with Crippen molar-refractivity contribution in [3.8, 4) is 22.5 Å². The lowest BCUT2D eigenvalue weighted by Gasteiger charge is -2.18. The molecule has 0 unspecified atom stereocenters. The fraction of sp³-hybridized carbons (Fsp3) is 0.150. The third-order valence-electron chi connectivity index (χ3n) is 4.52. The van der Waals surface area contributed by atoms with E-state index in [1.807, 2.05) is 49.6 Å². The van der Waals surface area contributed by atoms with Crippen molar-refractivity contribution < 1.29 is 14.7 Å². The lowest BCUT2D eigenvalue weighted by Crippen LogP contribution is -2.14. The minimum atomic E-state index is -0.910. The summed E-state index contributed by atoms with van der Waals surface area (Å²) in [4.78, 5) is 23.8. The highest BCUT2D eigenvalue weighted by Gasteiger charge is 2.14. The monoisotopic (exact) mass is 409 g/mol. The molecule has 0 radical (unpaired) electrons. The van der Waals surface area contributed by atoms with Crippen molar-refractivity contribution in [3.63, 3.8) is 0 Å². The number of carboxylic acid groups (broad SMARTS) is 1. The Bertz CT molecular complexity index is 1170. The second kappa shape index (κ2) is 7.98. The van der Waals surface area contributed by atoms with Gasteiger partial charge in [-0.25, -0.2) is 4.98 Å². The van der Waals surface area contributed by atoms with Gasteiger partial charge in [-0.3, -0.25) is 19.8 Å². The Morgan fingerprint density at radius 1 is 1.24 bits per heavy atom. The molecule has 4 aromatic rings. The number of benzene rings is 2. The highest BCUT2D eigenvalue weighted by molar-refractivity contribution is 7.99. The van der Waals surface area contributed by atoms with E-state index in [2.05, 4.69) is 26.2 Å². The second-order valence-electron chi connectivity index (χ2n) is 6.34. The van der Waals surface area contributed by atoms with Gasteiger partial charge in [0.25, 0.3) is 0 Å². The third kappa shape index (κ3) is 3.96. The standard InChI is InChI=1S/C20H19N5O3S/c1-25(28-2)14-9-12(15-4-3-5-17-16(15)6-7-21-17)8-13(10-14)19-22-20(24-23-19)29-11-18(26)27/h3-10,21H,11H2,1-2H3,(H,26,27)(H,22,23,24). The van der Waals surface area contributed by atoms with Crippen LogP contribution in [0, 0.1) is 0 Å². The number of hydrogen-bond acceptors (Lipinski definition) is 6. The van der Waals surface area contributed by atoms with Crippen LogP contribution >= 0.6 is 11.8 Å². The largest absolute Gasteiger partial charge is 0.481 e. The zero-order valence-corrected chi connectivity index (χ0v) is 16.7. The molecule has 4 rings (SSSR count). The molecule has 148 valence electrons. The predicted octanol–water partition coefficient (Wildman–Crippen LogP) is 3.79. The number of hydroxylamine groups is 1. The van der Waals surface area contributed by atoms with Crippen LogP contribution in [0.4, 0.5) is 5.69 Å². The van der Waals surface area contributed by atoms with Crippen molar-refractivity contribution in [2.24, 2.45) is 0 Å². The summed E-state index contributed by atoms with van der Waals surface area (Å²) >= 11 is 1.07. The van der Waals surface area contributed by atoms with Gasteiger partial charge < -0.3 is 10.1 Å². The van der Waals surface area contributed by atoms with Crippen LogP contribution in [0.5, 0.6) is 0 Å². The van der Waals surface area contributed by atoms with Crippen molar-refractivity contribution in [2.75, 3.05) is 25.0 Å². The van der Waals surface area contributed by atoms with Crippen LogP contribution in [0.3, 0.4) is 0 Å². The van der Waals surface area contributed by atoms with E-state index < -0.39 is 5.97 Å². The number of aromatic nitrogens is 4. The minimum absolute atomic E-state index is 0.0928. The van der Waals surface area contributed by atoms with Crippen LogP contribution in [0.1, 0.15) is 0 Å². The number of aromatic amines is 2. The van der Waals surface area contributed by atoms with E-state index >= 15 is 0 Å². The summed E-state index contributed by atoms with van der Waals surface area (Å²) in [6, 6.07) is 14.2. The number of aliphatic carboxylic acids is 1. The predicted molar refractivity (Wildman–Crippen MR) is 113 cm³/mol. The van der Waals surface area contributed by atoms with E-state index in [1.165, 1.54) is 0 Å². The molecule has 2 heterocycles. The number of thioether (sulfide) groups is 1. The van der Waals surface area contributed by atoms with E-state index in [1.54, 1.807) is 12.2 Å². The fourth-order valence-electron chi connectivity index (χ4n) is 3.09. The highest BCUT2D eigenvalue weighted by Crippen LogP contribution is 2.34. The van der Waals surface area contributed by atoms with Crippen LogP contribution in [-0.2, 0) is 9.63 Å². The number of nitrogens with one attached hydrogen (secondary N) is 2. The van der Waals surface area contributed by atoms with E-state index in [0.717, 1.165) is 45.0 Å². The summed E-state index contributed by atoms with van der Waals surface area (Å²) < 4.78 is 0. The van der Waals surface area contributed by atoms with Gasteiger partial charge in [0.15, 0.2) is 5.82 Å². The van der Waals surface area contributed by atoms with Crippen LogP contribution in [0.2, 0.25) is 0 Å². The van der Waals surface area contributed by atoms with Gasteiger partial charge in [0, 0.05) is 29.7 Å².